The molecule has 4 rings (SSSR count). The van der Waals surface area contributed by atoms with Crippen LogP contribution in [0.3, 0.4) is 0 Å². The number of nitrogens with one attached hydrogen (secondary N) is 1. The Morgan fingerprint density at radius 2 is 2.04 bits per heavy atom. The molecule has 1 aliphatic carbocycles. The number of fused-ring (bicyclic) bond motifs is 1. The molecule has 0 fully saturated rings. The lowest BCUT2D eigenvalue weighted by atomic mass is 9.96. The molecule has 3 aromatic rings. The number of hydrogen-bond acceptors (Lipinski definition) is 4. The van der Waals surface area contributed by atoms with E-state index >= 15 is 0 Å². The second-order valence-electron chi connectivity index (χ2n) is 6.28. The predicted octanol–water partition coefficient (Wildman–Crippen LogP) is 5.96. The highest BCUT2D eigenvalue weighted by Crippen LogP contribution is 2.32. The smallest absolute Gasteiger partial charge is 0.272 e. The Morgan fingerprint density at radius 1 is 1.19 bits per heavy atom. The minimum Gasteiger partial charge on any atom is -0.455 e. The standard InChI is InChI=1S/C20H16Cl2N2O2S/c21-12-5-7-17(22)15(9-12)18-8-6-13(26-18)10-23-24-20(25)16-11-27-19-4-2-1-3-14(16)19/h5-11H,1-4H2,(H,24,25)/b23-10+. The largest absolute Gasteiger partial charge is 0.455 e. The van der Waals surface area contributed by atoms with Gasteiger partial charge in [-0.15, -0.1) is 11.3 Å². The van der Waals surface area contributed by atoms with Gasteiger partial charge in [-0.1, -0.05) is 23.2 Å². The average Bonchev–Trinajstić information content (AvgIpc) is 3.30. The fraction of sp³-hybridized carbons (Fsp3) is 0.200. The highest BCUT2D eigenvalue weighted by Gasteiger charge is 2.19. The molecule has 0 saturated heterocycles. The second-order valence-corrected chi connectivity index (χ2v) is 8.09. The third kappa shape index (κ3) is 3.95. The van der Waals surface area contributed by atoms with Crippen molar-refractivity contribution in [3.05, 3.63) is 67.5 Å². The zero-order valence-corrected chi connectivity index (χ0v) is 16.6. The Kier molecular flexibility index (Phi) is 5.34. The quantitative estimate of drug-likeness (QED) is 0.419. The molecule has 1 aliphatic rings. The zero-order valence-electron chi connectivity index (χ0n) is 14.3. The third-order valence-electron chi connectivity index (χ3n) is 4.48. The third-order valence-corrected chi connectivity index (χ3v) is 6.14. The summed E-state index contributed by atoms with van der Waals surface area (Å²) in [5, 5.41) is 7.07. The first-order chi connectivity index (χ1) is 13.1. The maximum atomic E-state index is 12.4. The van der Waals surface area contributed by atoms with Crippen molar-refractivity contribution in [3.63, 3.8) is 0 Å². The first-order valence-corrected chi connectivity index (χ1v) is 10.2. The summed E-state index contributed by atoms with van der Waals surface area (Å²) < 4.78 is 5.73. The van der Waals surface area contributed by atoms with Gasteiger partial charge in [0.2, 0.25) is 0 Å². The van der Waals surface area contributed by atoms with Gasteiger partial charge in [0.05, 0.1) is 16.8 Å². The number of carbonyl (C=O) groups excluding carboxylic acids is 1. The van der Waals surface area contributed by atoms with Gasteiger partial charge >= 0.3 is 0 Å². The Balaban J connectivity index is 1.45. The van der Waals surface area contributed by atoms with Crippen molar-refractivity contribution in [2.75, 3.05) is 0 Å². The van der Waals surface area contributed by atoms with E-state index in [0.717, 1.165) is 24.8 Å². The number of furan rings is 1. The number of hydrogen-bond donors (Lipinski definition) is 1. The molecule has 2 aromatic heterocycles. The second kappa shape index (κ2) is 7.89. The van der Waals surface area contributed by atoms with Crippen LogP contribution in [0.1, 0.15) is 39.4 Å². The van der Waals surface area contributed by atoms with Gasteiger partial charge in [0.15, 0.2) is 0 Å². The van der Waals surface area contributed by atoms with Crippen molar-refractivity contribution >= 4 is 46.7 Å². The Bertz CT molecular complexity index is 1020. The molecule has 0 bridgehead atoms. The molecule has 2 heterocycles. The van der Waals surface area contributed by atoms with E-state index in [-0.39, 0.29) is 5.91 Å². The molecule has 0 radical (unpaired) electrons. The van der Waals surface area contributed by atoms with E-state index < -0.39 is 0 Å². The van der Waals surface area contributed by atoms with Gasteiger partial charge in [-0.25, -0.2) is 5.43 Å². The number of rotatable bonds is 4. The molecule has 1 aromatic carbocycles. The van der Waals surface area contributed by atoms with Crippen LogP contribution in [0, 0.1) is 0 Å². The highest BCUT2D eigenvalue weighted by atomic mass is 35.5. The number of hydrazone groups is 1. The van der Waals surface area contributed by atoms with Gasteiger partial charge in [0, 0.05) is 20.8 Å². The molecule has 1 amide bonds. The molecule has 27 heavy (non-hydrogen) atoms. The molecule has 0 atom stereocenters. The van der Waals surface area contributed by atoms with Gasteiger partial charge in [-0.05, 0) is 61.6 Å². The van der Waals surface area contributed by atoms with Crippen LogP contribution < -0.4 is 5.43 Å². The molecule has 0 spiro atoms. The van der Waals surface area contributed by atoms with Crippen LogP contribution in [0.5, 0.6) is 0 Å². The number of amides is 1. The van der Waals surface area contributed by atoms with Crippen LogP contribution in [-0.2, 0) is 12.8 Å². The molecule has 0 saturated carbocycles. The van der Waals surface area contributed by atoms with Crippen LogP contribution in [0.2, 0.25) is 10.0 Å². The van der Waals surface area contributed by atoms with Crippen molar-refractivity contribution in [1.82, 2.24) is 5.43 Å². The first kappa shape index (κ1) is 18.3. The SMILES string of the molecule is O=C(N/N=C/c1ccc(-c2cc(Cl)ccc2Cl)o1)c1csc2c1CCCC2. The van der Waals surface area contributed by atoms with E-state index in [1.165, 1.54) is 23.1 Å². The summed E-state index contributed by atoms with van der Waals surface area (Å²) in [6, 6.07) is 8.73. The summed E-state index contributed by atoms with van der Waals surface area (Å²) in [5.74, 6) is 0.909. The normalized spacial score (nSPS) is 13.7. The first-order valence-electron chi connectivity index (χ1n) is 8.60. The minimum atomic E-state index is -0.185. The monoisotopic (exact) mass is 418 g/mol. The molecule has 4 nitrogen and oxygen atoms in total. The zero-order chi connectivity index (χ0) is 18.8. The lowest BCUT2D eigenvalue weighted by Crippen LogP contribution is -2.19. The van der Waals surface area contributed by atoms with Crippen LogP contribution in [0.15, 0.2) is 45.2 Å². The van der Waals surface area contributed by atoms with E-state index in [9.17, 15) is 4.79 Å². The van der Waals surface area contributed by atoms with Crippen LogP contribution in [-0.4, -0.2) is 12.1 Å². The number of thiophene rings is 1. The van der Waals surface area contributed by atoms with Crippen molar-refractivity contribution in [2.45, 2.75) is 25.7 Å². The van der Waals surface area contributed by atoms with Crippen molar-refractivity contribution in [2.24, 2.45) is 5.10 Å². The Morgan fingerprint density at radius 3 is 2.93 bits per heavy atom. The maximum Gasteiger partial charge on any atom is 0.272 e. The Labute approximate surface area is 170 Å². The number of halogens is 2. The average molecular weight is 419 g/mol. The van der Waals surface area contributed by atoms with Crippen LogP contribution in [0.25, 0.3) is 11.3 Å². The molecule has 0 aliphatic heterocycles. The number of aryl methyl sites for hydroxylation is 1. The van der Waals surface area contributed by atoms with Crippen molar-refractivity contribution in [3.8, 4) is 11.3 Å². The summed E-state index contributed by atoms with van der Waals surface area (Å²) in [4.78, 5) is 13.7. The summed E-state index contributed by atoms with van der Waals surface area (Å²) in [7, 11) is 0. The molecular weight excluding hydrogens is 403 g/mol. The Hall–Kier alpha value is -2.08. The van der Waals surface area contributed by atoms with Crippen molar-refractivity contribution < 1.29 is 9.21 Å². The maximum absolute atomic E-state index is 12.4. The van der Waals surface area contributed by atoms with Gasteiger partial charge < -0.3 is 4.42 Å². The minimum absolute atomic E-state index is 0.185. The van der Waals surface area contributed by atoms with Crippen molar-refractivity contribution in [1.29, 1.82) is 0 Å². The fourth-order valence-corrected chi connectivity index (χ4v) is 4.66. The lowest BCUT2D eigenvalue weighted by Gasteiger charge is -2.11. The van der Waals surface area contributed by atoms with Crippen LogP contribution in [0.4, 0.5) is 0 Å². The van der Waals surface area contributed by atoms with E-state index in [1.807, 2.05) is 5.38 Å². The number of nitrogens with zero attached hydrogens (tertiary/aromatic N) is 1. The van der Waals surface area contributed by atoms with Gasteiger partial charge in [0.25, 0.3) is 5.91 Å². The van der Waals surface area contributed by atoms with Crippen LogP contribution >= 0.6 is 34.5 Å². The predicted molar refractivity (Wildman–Crippen MR) is 110 cm³/mol. The topological polar surface area (TPSA) is 54.6 Å². The lowest BCUT2D eigenvalue weighted by molar-refractivity contribution is 0.0954. The van der Waals surface area contributed by atoms with E-state index in [0.29, 0.717) is 27.1 Å². The molecule has 7 heteroatoms. The van der Waals surface area contributed by atoms with Gasteiger partial charge in [0.1, 0.15) is 11.5 Å². The fourth-order valence-electron chi connectivity index (χ4n) is 3.15. The van der Waals surface area contributed by atoms with E-state index in [2.05, 4.69) is 10.5 Å². The summed E-state index contributed by atoms with van der Waals surface area (Å²) >= 11 is 13.9. The summed E-state index contributed by atoms with van der Waals surface area (Å²) in [6.07, 6.45) is 5.84. The molecule has 0 unspecified atom stereocenters. The van der Waals surface area contributed by atoms with Gasteiger partial charge in [-0.3, -0.25) is 4.79 Å². The van der Waals surface area contributed by atoms with E-state index in [4.69, 9.17) is 27.6 Å². The number of benzene rings is 1. The number of carbonyl (C=O) groups is 1. The highest BCUT2D eigenvalue weighted by molar-refractivity contribution is 7.10. The molecule has 1 N–H and O–H groups in total. The molecule has 138 valence electrons. The summed E-state index contributed by atoms with van der Waals surface area (Å²) in [5.41, 5.74) is 5.20. The van der Waals surface area contributed by atoms with E-state index in [1.54, 1.807) is 41.7 Å². The molecular formula is C20H16Cl2N2O2S. The van der Waals surface area contributed by atoms with Gasteiger partial charge in [-0.2, -0.15) is 5.10 Å². The summed E-state index contributed by atoms with van der Waals surface area (Å²) in [6.45, 7) is 0.